The van der Waals surface area contributed by atoms with Crippen LogP contribution in [0.5, 0.6) is 5.75 Å². The number of nitrogens with two attached hydrogens (primary N) is 1. The molecule has 6 heteroatoms. The molecule has 0 aromatic heterocycles. The molecule has 2 aromatic carbocycles. The van der Waals surface area contributed by atoms with Gasteiger partial charge in [-0.05, 0) is 55.6 Å². The second kappa shape index (κ2) is 10.2. The number of hydrogen-bond donors (Lipinski definition) is 1. The highest BCUT2D eigenvalue weighted by atomic mass is 19.1. The lowest BCUT2D eigenvalue weighted by Gasteiger charge is -2.32. The summed E-state index contributed by atoms with van der Waals surface area (Å²) in [5.41, 5.74) is 7.00. The van der Waals surface area contributed by atoms with E-state index in [1.807, 2.05) is 29.2 Å². The van der Waals surface area contributed by atoms with Gasteiger partial charge in [-0.1, -0.05) is 18.2 Å². The third kappa shape index (κ3) is 5.78. The molecule has 5 nitrogen and oxygen atoms in total. The quantitative estimate of drug-likeness (QED) is 0.707. The average Bonchev–Trinajstić information content (AvgIpc) is 2.73. The maximum absolute atomic E-state index is 13.2. The van der Waals surface area contributed by atoms with E-state index in [0.717, 1.165) is 24.8 Å². The normalized spacial score (nSPS) is 14.9. The maximum Gasteiger partial charge on any atom is 0.253 e. The Morgan fingerprint density at radius 1 is 1.14 bits per heavy atom. The van der Waals surface area contributed by atoms with Crippen molar-refractivity contribution in [1.82, 2.24) is 4.90 Å². The van der Waals surface area contributed by atoms with E-state index in [1.165, 1.54) is 12.1 Å². The molecular weight excluding hydrogens is 359 g/mol. The highest BCUT2D eigenvalue weighted by Gasteiger charge is 2.24. The topological polar surface area (TPSA) is 64.8 Å². The van der Waals surface area contributed by atoms with Crippen molar-refractivity contribution in [2.24, 2.45) is 5.73 Å². The molecule has 150 valence electrons. The Morgan fingerprint density at radius 2 is 1.93 bits per heavy atom. The number of piperidine rings is 1. The molecule has 0 unspecified atom stereocenters. The minimum Gasteiger partial charge on any atom is -0.489 e. The highest BCUT2D eigenvalue weighted by Crippen LogP contribution is 2.18. The fourth-order valence-electron chi connectivity index (χ4n) is 3.26. The Kier molecular flexibility index (Phi) is 7.39. The van der Waals surface area contributed by atoms with E-state index in [9.17, 15) is 9.18 Å². The average molecular weight is 386 g/mol. The molecule has 0 saturated carbocycles. The van der Waals surface area contributed by atoms with Crippen molar-refractivity contribution in [3.63, 3.8) is 0 Å². The maximum atomic E-state index is 13.2. The number of nitrogens with zero attached hydrogens (tertiary/aromatic N) is 1. The summed E-state index contributed by atoms with van der Waals surface area (Å²) >= 11 is 0. The Labute approximate surface area is 165 Å². The van der Waals surface area contributed by atoms with Crippen LogP contribution in [0.2, 0.25) is 0 Å². The number of hydrogen-bond acceptors (Lipinski definition) is 4. The molecule has 0 spiro atoms. The highest BCUT2D eigenvalue weighted by molar-refractivity contribution is 5.94. The summed E-state index contributed by atoms with van der Waals surface area (Å²) in [6.45, 7) is 2.98. The summed E-state index contributed by atoms with van der Waals surface area (Å²) in [7, 11) is 0. The van der Waals surface area contributed by atoms with Gasteiger partial charge >= 0.3 is 0 Å². The van der Waals surface area contributed by atoms with E-state index in [-0.39, 0.29) is 24.4 Å². The number of rotatable bonds is 8. The first-order valence-corrected chi connectivity index (χ1v) is 9.74. The number of carbonyl (C=O) groups excluding carboxylic acids is 1. The van der Waals surface area contributed by atoms with Gasteiger partial charge in [-0.25, -0.2) is 4.39 Å². The van der Waals surface area contributed by atoms with Gasteiger partial charge in [0.1, 0.15) is 18.2 Å². The van der Waals surface area contributed by atoms with Crippen LogP contribution >= 0.6 is 0 Å². The summed E-state index contributed by atoms with van der Waals surface area (Å²) in [4.78, 5) is 14.7. The zero-order valence-corrected chi connectivity index (χ0v) is 16.0. The molecule has 2 aromatic rings. The largest absolute Gasteiger partial charge is 0.489 e. The van der Waals surface area contributed by atoms with Gasteiger partial charge in [0.05, 0.1) is 6.10 Å². The van der Waals surface area contributed by atoms with Gasteiger partial charge in [-0.15, -0.1) is 0 Å². The first-order chi connectivity index (χ1) is 13.7. The molecule has 0 aliphatic carbocycles. The van der Waals surface area contributed by atoms with E-state index >= 15 is 0 Å². The van der Waals surface area contributed by atoms with Gasteiger partial charge in [0, 0.05) is 31.3 Å². The molecule has 0 bridgehead atoms. The van der Waals surface area contributed by atoms with E-state index in [0.29, 0.717) is 37.6 Å². The van der Waals surface area contributed by atoms with Crippen molar-refractivity contribution >= 4 is 5.91 Å². The first-order valence-electron chi connectivity index (χ1n) is 9.74. The zero-order chi connectivity index (χ0) is 19.8. The van der Waals surface area contributed by atoms with Gasteiger partial charge in [-0.3, -0.25) is 4.79 Å². The second-order valence-electron chi connectivity index (χ2n) is 6.95. The third-order valence-corrected chi connectivity index (χ3v) is 4.81. The Hall–Kier alpha value is -2.44. The minimum atomic E-state index is -0.336. The molecule has 28 heavy (non-hydrogen) atoms. The van der Waals surface area contributed by atoms with Gasteiger partial charge in [0.25, 0.3) is 5.91 Å². The van der Waals surface area contributed by atoms with E-state index in [2.05, 4.69) is 0 Å². The van der Waals surface area contributed by atoms with Crippen LogP contribution in [-0.4, -0.2) is 43.2 Å². The lowest BCUT2D eigenvalue weighted by Crippen LogP contribution is -2.41. The van der Waals surface area contributed by atoms with Crippen LogP contribution in [0.3, 0.4) is 0 Å². The Morgan fingerprint density at radius 3 is 2.68 bits per heavy atom. The second-order valence-corrected chi connectivity index (χ2v) is 6.95. The van der Waals surface area contributed by atoms with Gasteiger partial charge in [0.15, 0.2) is 0 Å². The predicted molar refractivity (Wildman–Crippen MR) is 106 cm³/mol. The SMILES string of the molecule is NCCCOC1CCN(C(=O)c2cccc(COc3cccc(F)c3)c2)CC1. The fourth-order valence-corrected chi connectivity index (χ4v) is 3.26. The molecule has 1 fully saturated rings. The van der Waals surface area contributed by atoms with Gasteiger partial charge in [-0.2, -0.15) is 0 Å². The number of carbonyl (C=O) groups is 1. The smallest absolute Gasteiger partial charge is 0.253 e. The fraction of sp³-hybridized carbons (Fsp3) is 0.409. The summed E-state index contributed by atoms with van der Waals surface area (Å²) < 4.78 is 24.7. The van der Waals surface area contributed by atoms with Gasteiger partial charge in [0.2, 0.25) is 0 Å². The van der Waals surface area contributed by atoms with Crippen LogP contribution in [-0.2, 0) is 11.3 Å². The minimum absolute atomic E-state index is 0.0213. The Bertz CT molecular complexity index is 776. The molecule has 2 N–H and O–H groups in total. The van der Waals surface area contributed by atoms with Crippen LogP contribution < -0.4 is 10.5 Å². The van der Waals surface area contributed by atoms with E-state index < -0.39 is 0 Å². The molecule has 0 atom stereocenters. The number of benzene rings is 2. The summed E-state index contributed by atoms with van der Waals surface area (Å²) in [5, 5.41) is 0. The molecule has 3 rings (SSSR count). The number of ether oxygens (including phenoxy) is 2. The van der Waals surface area contributed by atoms with Crippen LogP contribution in [0.25, 0.3) is 0 Å². The monoisotopic (exact) mass is 386 g/mol. The summed E-state index contributed by atoms with van der Waals surface area (Å²) in [5.74, 6) is 0.151. The summed E-state index contributed by atoms with van der Waals surface area (Å²) in [6.07, 6.45) is 2.77. The molecule has 1 aliphatic heterocycles. The van der Waals surface area contributed by atoms with Crippen LogP contribution in [0.15, 0.2) is 48.5 Å². The van der Waals surface area contributed by atoms with Crippen LogP contribution in [0, 0.1) is 5.82 Å². The van der Waals surface area contributed by atoms with Crippen molar-refractivity contribution in [3.8, 4) is 5.75 Å². The summed E-state index contributed by atoms with van der Waals surface area (Å²) in [6, 6.07) is 13.4. The third-order valence-electron chi connectivity index (χ3n) is 4.81. The van der Waals surface area contributed by atoms with Crippen molar-refractivity contribution in [3.05, 3.63) is 65.5 Å². The molecule has 1 aliphatic rings. The molecule has 1 saturated heterocycles. The van der Waals surface area contributed by atoms with Crippen LogP contribution in [0.4, 0.5) is 4.39 Å². The van der Waals surface area contributed by atoms with E-state index in [1.54, 1.807) is 12.1 Å². The zero-order valence-electron chi connectivity index (χ0n) is 16.0. The lowest BCUT2D eigenvalue weighted by molar-refractivity contribution is 0.00844. The molecule has 0 radical (unpaired) electrons. The lowest BCUT2D eigenvalue weighted by atomic mass is 10.1. The Balaban J connectivity index is 1.52. The van der Waals surface area contributed by atoms with Crippen molar-refractivity contribution in [1.29, 1.82) is 0 Å². The van der Waals surface area contributed by atoms with Crippen molar-refractivity contribution in [2.75, 3.05) is 26.2 Å². The molecule has 1 heterocycles. The van der Waals surface area contributed by atoms with Crippen LogP contribution in [0.1, 0.15) is 35.2 Å². The first kappa shape index (κ1) is 20.3. The van der Waals surface area contributed by atoms with E-state index in [4.69, 9.17) is 15.2 Å². The van der Waals surface area contributed by atoms with Crippen molar-refractivity contribution < 1.29 is 18.7 Å². The van der Waals surface area contributed by atoms with Gasteiger partial charge < -0.3 is 20.1 Å². The standard InChI is InChI=1S/C22H27FN2O3/c23-19-6-2-7-21(15-19)28-16-17-4-1-5-18(14-17)22(26)25-11-8-20(9-12-25)27-13-3-10-24/h1-2,4-7,14-15,20H,3,8-13,16,24H2. The predicted octanol–water partition coefficient (Wildman–Crippen LogP) is 3.37. The molecule has 1 amide bonds. The molecular formula is C22H27FN2O3. The number of likely N-dealkylation sites (tertiary alicyclic amines) is 1. The number of halogens is 1. The number of amides is 1. The van der Waals surface area contributed by atoms with Crippen molar-refractivity contribution in [2.45, 2.75) is 32.0 Å².